The third kappa shape index (κ3) is 4.20. The molecule has 0 saturated heterocycles. The molecule has 0 unspecified atom stereocenters. The number of fused-ring (bicyclic) bond motifs is 4. The highest BCUT2D eigenvalue weighted by Crippen LogP contribution is 2.34. The largest absolute Gasteiger partial charge is 0.494 e. The van der Waals surface area contributed by atoms with E-state index in [1.165, 1.54) is 20.5 Å². The molecule has 1 N–H and O–H groups in total. The first-order chi connectivity index (χ1) is 18.5. The average molecular weight is 526 g/mol. The van der Waals surface area contributed by atoms with Gasteiger partial charge in [-0.1, -0.05) is 36.4 Å². The Morgan fingerprint density at radius 2 is 1.74 bits per heavy atom. The van der Waals surface area contributed by atoms with Crippen molar-refractivity contribution in [3.8, 4) is 11.4 Å². The molecule has 1 aliphatic rings. The van der Waals surface area contributed by atoms with Gasteiger partial charge in [0.05, 0.1) is 17.7 Å². The lowest BCUT2D eigenvalue weighted by atomic mass is 9.97. The maximum atomic E-state index is 13.8. The molecule has 0 fully saturated rings. The van der Waals surface area contributed by atoms with Crippen molar-refractivity contribution in [2.24, 2.45) is 0 Å². The number of anilines is 1. The minimum atomic E-state index is -0.529. The standard InChI is InChI=1S/C30H27N3O4S/c1-2-37-21-16-14-20(15-17-21)33-28(35)27-23-11-5-6-13-25(23)38-29(27)32(30(33)36)18-26(34)31-24-12-7-9-19-8-3-4-10-22(19)24/h3-4,7-10,12,14-17H,2,5-6,11,13,18H2,1H3,(H,31,34). The van der Waals surface area contributed by atoms with Crippen molar-refractivity contribution in [2.75, 3.05) is 11.9 Å². The Morgan fingerprint density at radius 1 is 0.974 bits per heavy atom. The molecule has 1 aliphatic carbocycles. The zero-order valence-corrected chi connectivity index (χ0v) is 21.8. The Morgan fingerprint density at radius 3 is 2.55 bits per heavy atom. The van der Waals surface area contributed by atoms with Gasteiger partial charge < -0.3 is 10.1 Å². The van der Waals surface area contributed by atoms with Crippen LogP contribution in [0, 0.1) is 0 Å². The van der Waals surface area contributed by atoms with E-state index < -0.39 is 5.69 Å². The summed E-state index contributed by atoms with van der Waals surface area (Å²) < 4.78 is 8.17. The van der Waals surface area contributed by atoms with Crippen molar-refractivity contribution in [2.45, 2.75) is 39.2 Å². The number of nitrogens with one attached hydrogen (secondary N) is 1. The van der Waals surface area contributed by atoms with Crippen LogP contribution in [0.2, 0.25) is 0 Å². The quantitative estimate of drug-likeness (QED) is 0.327. The predicted molar refractivity (Wildman–Crippen MR) is 152 cm³/mol. The number of aromatic nitrogens is 2. The maximum absolute atomic E-state index is 13.8. The maximum Gasteiger partial charge on any atom is 0.337 e. The van der Waals surface area contributed by atoms with Crippen molar-refractivity contribution in [3.05, 3.63) is 98.0 Å². The second-order valence-corrected chi connectivity index (χ2v) is 10.5. The molecule has 3 aromatic carbocycles. The minimum Gasteiger partial charge on any atom is -0.494 e. The number of benzene rings is 3. The van der Waals surface area contributed by atoms with Crippen LogP contribution in [0.1, 0.15) is 30.2 Å². The van der Waals surface area contributed by atoms with Crippen LogP contribution < -0.4 is 21.3 Å². The lowest BCUT2D eigenvalue weighted by molar-refractivity contribution is -0.116. The summed E-state index contributed by atoms with van der Waals surface area (Å²) in [5, 5.41) is 5.47. The SMILES string of the molecule is CCOc1ccc(-n2c(=O)c3c4c(sc3n(CC(=O)Nc3cccc5ccccc35)c2=O)CCCC4)cc1. The third-order valence-electron chi connectivity index (χ3n) is 7.01. The van der Waals surface area contributed by atoms with Crippen LogP contribution in [0.3, 0.4) is 0 Å². The van der Waals surface area contributed by atoms with Crippen molar-refractivity contribution in [1.29, 1.82) is 0 Å². The van der Waals surface area contributed by atoms with Gasteiger partial charge in [0.15, 0.2) is 0 Å². The third-order valence-corrected chi connectivity index (χ3v) is 8.32. The van der Waals surface area contributed by atoms with Crippen molar-refractivity contribution in [3.63, 3.8) is 0 Å². The van der Waals surface area contributed by atoms with Crippen molar-refractivity contribution >= 4 is 43.9 Å². The Balaban J connectivity index is 1.47. The van der Waals surface area contributed by atoms with Crippen LogP contribution in [0.15, 0.2) is 76.3 Å². The number of aryl methyl sites for hydroxylation is 2. The molecule has 0 atom stereocenters. The monoisotopic (exact) mass is 525 g/mol. The van der Waals surface area contributed by atoms with E-state index in [1.54, 1.807) is 24.3 Å². The van der Waals surface area contributed by atoms with Gasteiger partial charge in [-0.05, 0) is 73.9 Å². The van der Waals surface area contributed by atoms with Gasteiger partial charge in [0.2, 0.25) is 5.91 Å². The van der Waals surface area contributed by atoms with E-state index in [9.17, 15) is 14.4 Å². The number of amides is 1. The zero-order valence-electron chi connectivity index (χ0n) is 21.0. The first-order valence-electron chi connectivity index (χ1n) is 12.9. The highest BCUT2D eigenvalue weighted by molar-refractivity contribution is 7.18. The molecule has 7 nitrogen and oxygen atoms in total. The molecule has 1 amide bonds. The molecule has 0 radical (unpaired) electrons. The van der Waals surface area contributed by atoms with Crippen molar-refractivity contribution < 1.29 is 9.53 Å². The molecule has 2 aromatic heterocycles. The van der Waals surface area contributed by atoms with Crippen LogP contribution in [0.4, 0.5) is 5.69 Å². The summed E-state index contributed by atoms with van der Waals surface area (Å²) in [6, 6.07) is 20.5. The summed E-state index contributed by atoms with van der Waals surface area (Å²) >= 11 is 1.47. The van der Waals surface area contributed by atoms with Crippen molar-refractivity contribution in [1.82, 2.24) is 9.13 Å². The fraction of sp³-hybridized carbons (Fsp3) is 0.233. The lowest BCUT2D eigenvalue weighted by Crippen LogP contribution is -2.40. The second kappa shape index (κ2) is 9.95. The molecule has 8 heteroatoms. The Bertz CT molecular complexity index is 1790. The Kier molecular flexibility index (Phi) is 6.33. The molecule has 0 bridgehead atoms. The first kappa shape index (κ1) is 24.2. The Labute approximate surface area is 222 Å². The van der Waals surface area contributed by atoms with Gasteiger partial charge in [-0.2, -0.15) is 0 Å². The van der Waals surface area contributed by atoms with E-state index in [1.807, 2.05) is 49.4 Å². The smallest absolute Gasteiger partial charge is 0.337 e. The summed E-state index contributed by atoms with van der Waals surface area (Å²) in [6.07, 6.45) is 3.74. The lowest BCUT2D eigenvalue weighted by Gasteiger charge is -2.14. The number of carbonyl (C=O) groups excluding carboxylic acids is 1. The van der Waals surface area contributed by atoms with Gasteiger partial charge in [0, 0.05) is 16.0 Å². The van der Waals surface area contributed by atoms with E-state index in [2.05, 4.69) is 5.32 Å². The van der Waals surface area contributed by atoms with Gasteiger partial charge in [-0.3, -0.25) is 14.2 Å². The molecule has 0 aliphatic heterocycles. The molecule has 5 aromatic rings. The molecule has 6 rings (SSSR count). The highest BCUT2D eigenvalue weighted by Gasteiger charge is 2.25. The number of ether oxygens (including phenoxy) is 1. The normalized spacial score (nSPS) is 13.0. The zero-order chi connectivity index (χ0) is 26.2. The molecular weight excluding hydrogens is 498 g/mol. The predicted octanol–water partition coefficient (Wildman–Crippen LogP) is 5.28. The summed E-state index contributed by atoms with van der Waals surface area (Å²) in [7, 11) is 0. The summed E-state index contributed by atoms with van der Waals surface area (Å²) in [6.45, 7) is 2.22. The molecular formula is C30H27N3O4S. The molecule has 2 heterocycles. The van der Waals surface area contributed by atoms with E-state index in [4.69, 9.17) is 4.74 Å². The van der Waals surface area contributed by atoms with E-state index in [0.29, 0.717) is 33.9 Å². The van der Waals surface area contributed by atoms with Crippen LogP contribution in [0.5, 0.6) is 5.75 Å². The number of thiophene rings is 1. The van der Waals surface area contributed by atoms with Gasteiger partial charge in [-0.25, -0.2) is 9.36 Å². The van der Waals surface area contributed by atoms with E-state index >= 15 is 0 Å². The fourth-order valence-electron chi connectivity index (χ4n) is 5.26. The second-order valence-electron chi connectivity index (χ2n) is 9.40. The number of rotatable bonds is 6. The number of hydrogen-bond acceptors (Lipinski definition) is 5. The van der Waals surface area contributed by atoms with Gasteiger partial charge in [-0.15, -0.1) is 11.3 Å². The van der Waals surface area contributed by atoms with Gasteiger partial charge in [0.1, 0.15) is 17.1 Å². The summed E-state index contributed by atoms with van der Waals surface area (Å²) in [5.74, 6) is 0.334. The van der Waals surface area contributed by atoms with Gasteiger partial charge in [0.25, 0.3) is 5.56 Å². The molecule has 0 spiro atoms. The van der Waals surface area contributed by atoms with Crippen LogP contribution >= 0.6 is 11.3 Å². The number of carbonyl (C=O) groups is 1. The summed E-state index contributed by atoms with van der Waals surface area (Å²) in [5.41, 5.74) is 1.29. The summed E-state index contributed by atoms with van der Waals surface area (Å²) in [4.78, 5) is 42.7. The number of hydrogen-bond donors (Lipinski definition) is 1. The van der Waals surface area contributed by atoms with Crippen LogP contribution in [-0.2, 0) is 24.2 Å². The van der Waals surface area contributed by atoms with E-state index in [0.717, 1.165) is 46.9 Å². The molecule has 192 valence electrons. The minimum absolute atomic E-state index is 0.199. The van der Waals surface area contributed by atoms with Crippen LogP contribution in [0.25, 0.3) is 26.7 Å². The van der Waals surface area contributed by atoms with Gasteiger partial charge >= 0.3 is 5.69 Å². The first-order valence-corrected chi connectivity index (χ1v) is 13.7. The molecule has 38 heavy (non-hydrogen) atoms. The van der Waals surface area contributed by atoms with Crippen LogP contribution in [-0.4, -0.2) is 21.6 Å². The fourth-order valence-corrected chi connectivity index (χ4v) is 6.63. The average Bonchev–Trinajstić information content (AvgIpc) is 3.32. The van der Waals surface area contributed by atoms with E-state index in [-0.39, 0.29) is 18.0 Å². The topological polar surface area (TPSA) is 82.3 Å². The molecule has 0 saturated carbocycles. The Hall–Kier alpha value is -4.17. The number of nitrogens with zero attached hydrogens (tertiary/aromatic N) is 2. The highest BCUT2D eigenvalue weighted by atomic mass is 32.1.